The summed E-state index contributed by atoms with van der Waals surface area (Å²) in [5, 5.41) is 12.7. The molecule has 0 spiro atoms. The summed E-state index contributed by atoms with van der Waals surface area (Å²) >= 11 is 5.23. The molecule has 1 aromatic heterocycles. The first kappa shape index (κ1) is 15.5. The van der Waals surface area contributed by atoms with Crippen LogP contribution in [0.2, 0.25) is 0 Å². The van der Waals surface area contributed by atoms with E-state index < -0.39 is 0 Å². The number of nitrogens with zero attached hydrogens (tertiary/aromatic N) is 2. The van der Waals surface area contributed by atoms with Crippen molar-refractivity contribution in [2.75, 3.05) is 19.0 Å². The van der Waals surface area contributed by atoms with Gasteiger partial charge in [0.2, 0.25) is 0 Å². The van der Waals surface area contributed by atoms with E-state index >= 15 is 0 Å². The van der Waals surface area contributed by atoms with Crippen LogP contribution >= 0.6 is 12.2 Å². The van der Waals surface area contributed by atoms with Crippen LogP contribution in [0.3, 0.4) is 0 Å². The lowest BCUT2D eigenvalue weighted by Crippen LogP contribution is -2.31. The molecule has 8 heteroatoms. The van der Waals surface area contributed by atoms with Crippen molar-refractivity contribution >= 4 is 23.9 Å². The molecule has 1 heterocycles. The van der Waals surface area contributed by atoms with Crippen LogP contribution in [0.5, 0.6) is 5.75 Å². The normalized spacial score (nSPS) is 13.6. The van der Waals surface area contributed by atoms with Gasteiger partial charge in [-0.15, -0.1) is 0 Å². The summed E-state index contributed by atoms with van der Waals surface area (Å²) in [5.74, 6) is 2.19. The van der Waals surface area contributed by atoms with Crippen LogP contribution in [0, 0.1) is 4.77 Å². The lowest BCUT2D eigenvalue weighted by atomic mass is 10.3. The summed E-state index contributed by atoms with van der Waals surface area (Å²) in [5.41, 5.74) is 0.681. The number of rotatable bonds is 6. The van der Waals surface area contributed by atoms with Crippen molar-refractivity contribution in [3.63, 3.8) is 0 Å². The third kappa shape index (κ3) is 3.89. The van der Waals surface area contributed by atoms with Crippen molar-refractivity contribution in [1.82, 2.24) is 20.1 Å². The minimum absolute atomic E-state index is 0.263. The van der Waals surface area contributed by atoms with E-state index in [2.05, 4.69) is 20.8 Å². The van der Waals surface area contributed by atoms with Gasteiger partial charge >= 0.3 is 6.03 Å². The molecular weight excluding hydrogens is 314 g/mol. The number of hydrogen-bond acceptors (Lipinski definition) is 4. The van der Waals surface area contributed by atoms with Crippen LogP contribution < -0.4 is 15.4 Å². The van der Waals surface area contributed by atoms with Crippen molar-refractivity contribution in [2.45, 2.75) is 25.3 Å². The minimum atomic E-state index is -0.263. The predicted molar refractivity (Wildman–Crippen MR) is 89.4 cm³/mol. The number of anilines is 1. The molecule has 23 heavy (non-hydrogen) atoms. The minimum Gasteiger partial charge on any atom is -0.497 e. The van der Waals surface area contributed by atoms with Crippen molar-refractivity contribution in [2.24, 2.45) is 0 Å². The van der Waals surface area contributed by atoms with Crippen molar-refractivity contribution in [1.29, 1.82) is 0 Å². The molecule has 1 aliphatic carbocycles. The average Bonchev–Trinajstić information content (AvgIpc) is 3.32. The monoisotopic (exact) mass is 333 g/mol. The Morgan fingerprint density at radius 3 is 3.09 bits per heavy atom. The van der Waals surface area contributed by atoms with E-state index in [1.807, 2.05) is 16.7 Å². The Morgan fingerprint density at radius 2 is 2.35 bits per heavy atom. The largest absolute Gasteiger partial charge is 0.497 e. The number of carbonyl (C=O) groups excluding carboxylic acids is 1. The fraction of sp³-hybridized carbons (Fsp3) is 0.400. The summed E-state index contributed by atoms with van der Waals surface area (Å²) in [6.07, 6.45) is 2.31. The summed E-state index contributed by atoms with van der Waals surface area (Å²) in [7, 11) is 1.59. The van der Waals surface area contributed by atoms with Gasteiger partial charge in [-0.2, -0.15) is 5.10 Å². The summed E-state index contributed by atoms with van der Waals surface area (Å²) in [6, 6.07) is 6.95. The Hall–Kier alpha value is -2.35. The number of amides is 2. The highest BCUT2D eigenvalue weighted by Crippen LogP contribution is 2.38. The van der Waals surface area contributed by atoms with Crippen LogP contribution in [-0.4, -0.2) is 34.5 Å². The van der Waals surface area contributed by atoms with Gasteiger partial charge in [0.15, 0.2) is 4.77 Å². The molecule has 2 amide bonds. The summed E-state index contributed by atoms with van der Waals surface area (Å²) in [6.45, 7) is 1.08. The predicted octanol–water partition coefficient (Wildman–Crippen LogP) is 2.65. The zero-order valence-corrected chi connectivity index (χ0v) is 13.7. The van der Waals surface area contributed by atoms with Crippen LogP contribution in [0.1, 0.15) is 24.6 Å². The zero-order chi connectivity index (χ0) is 16.2. The van der Waals surface area contributed by atoms with E-state index in [0.29, 0.717) is 35.2 Å². The molecule has 0 atom stereocenters. The van der Waals surface area contributed by atoms with E-state index in [0.717, 1.165) is 18.7 Å². The highest BCUT2D eigenvalue weighted by Gasteiger charge is 2.28. The number of H-pyrrole nitrogens is 1. The smallest absolute Gasteiger partial charge is 0.319 e. The van der Waals surface area contributed by atoms with Gasteiger partial charge in [0.25, 0.3) is 0 Å². The van der Waals surface area contributed by atoms with Crippen molar-refractivity contribution in [3.05, 3.63) is 34.9 Å². The second kappa shape index (κ2) is 6.82. The summed E-state index contributed by atoms with van der Waals surface area (Å²) < 4.78 is 7.68. The fourth-order valence-corrected chi connectivity index (χ4v) is 2.59. The molecule has 3 rings (SSSR count). The van der Waals surface area contributed by atoms with Crippen LogP contribution in [0.25, 0.3) is 0 Å². The lowest BCUT2D eigenvalue weighted by Gasteiger charge is -2.10. The van der Waals surface area contributed by atoms with Gasteiger partial charge in [-0.25, -0.2) is 4.79 Å². The summed E-state index contributed by atoms with van der Waals surface area (Å²) in [4.78, 5) is 11.9. The Morgan fingerprint density at radius 1 is 1.52 bits per heavy atom. The number of aromatic amines is 1. The van der Waals surface area contributed by atoms with E-state index in [1.165, 1.54) is 0 Å². The quantitative estimate of drug-likeness (QED) is 0.710. The Kier molecular flexibility index (Phi) is 4.61. The number of aromatic nitrogens is 3. The molecule has 0 unspecified atom stereocenters. The maximum absolute atomic E-state index is 11.9. The first-order chi connectivity index (χ1) is 11.2. The standard InChI is InChI=1S/C15H19N5O2S/c1-22-12-4-2-3-11(9-12)17-14(21)16-7-8-20-13(10-5-6-10)18-19-15(20)23/h2-4,9-10H,5-8H2,1H3,(H,19,23)(H2,16,17,21). The van der Waals surface area contributed by atoms with Gasteiger partial charge in [0.1, 0.15) is 11.6 Å². The average molecular weight is 333 g/mol. The molecular formula is C15H19N5O2S. The third-order valence-corrected chi connectivity index (χ3v) is 3.99. The number of hydrogen-bond donors (Lipinski definition) is 3. The first-order valence-corrected chi connectivity index (χ1v) is 7.92. The number of ether oxygens (including phenoxy) is 1. The second-order valence-corrected chi connectivity index (χ2v) is 5.81. The highest BCUT2D eigenvalue weighted by molar-refractivity contribution is 7.71. The maximum atomic E-state index is 11.9. The SMILES string of the molecule is COc1cccc(NC(=O)NCCn2c(C3CC3)n[nH]c2=S)c1. The van der Waals surface area contributed by atoms with Crippen molar-refractivity contribution in [3.8, 4) is 5.75 Å². The molecule has 1 fully saturated rings. The molecule has 3 N–H and O–H groups in total. The molecule has 1 aromatic carbocycles. The van der Waals surface area contributed by atoms with E-state index in [1.54, 1.807) is 19.2 Å². The van der Waals surface area contributed by atoms with Crippen LogP contribution in [-0.2, 0) is 6.54 Å². The van der Waals surface area contributed by atoms with Gasteiger partial charge in [0, 0.05) is 30.8 Å². The van der Waals surface area contributed by atoms with Crippen LogP contribution in [0.15, 0.2) is 24.3 Å². The number of methoxy groups -OCH3 is 1. The molecule has 0 saturated heterocycles. The zero-order valence-electron chi connectivity index (χ0n) is 12.8. The third-order valence-electron chi connectivity index (χ3n) is 3.68. The van der Waals surface area contributed by atoms with Gasteiger partial charge in [-0.3, -0.25) is 5.10 Å². The van der Waals surface area contributed by atoms with Crippen molar-refractivity contribution < 1.29 is 9.53 Å². The number of urea groups is 1. The van der Waals surface area contributed by atoms with E-state index in [9.17, 15) is 4.79 Å². The van der Waals surface area contributed by atoms with E-state index in [4.69, 9.17) is 17.0 Å². The molecule has 122 valence electrons. The Bertz CT molecular complexity index is 750. The Labute approximate surface area is 139 Å². The van der Waals surface area contributed by atoms with Gasteiger partial charge in [0.05, 0.1) is 7.11 Å². The topological polar surface area (TPSA) is 84.0 Å². The van der Waals surface area contributed by atoms with E-state index in [-0.39, 0.29) is 6.03 Å². The van der Waals surface area contributed by atoms with Gasteiger partial charge in [-0.1, -0.05) is 6.07 Å². The molecule has 0 radical (unpaired) electrons. The van der Waals surface area contributed by atoms with Gasteiger partial charge < -0.3 is 19.9 Å². The molecule has 0 aliphatic heterocycles. The first-order valence-electron chi connectivity index (χ1n) is 7.51. The highest BCUT2D eigenvalue weighted by atomic mass is 32.1. The molecule has 2 aromatic rings. The Balaban J connectivity index is 1.51. The number of benzene rings is 1. The molecule has 1 aliphatic rings. The lowest BCUT2D eigenvalue weighted by molar-refractivity contribution is 0.251. The number of carbonyl (C=O) groups is 1. The van der Waals surface area contributed by atoms with Gasteiger partial charge in [-0.05, 0) is 37.2 Å². The second-order valence-electron chi connectivity index (χ2n) is 5.43. The number of nitrogens with one attached hydrogen (secondary N) is 3. The van der Waals surface area contributed by atoms with Crippen LogP contribution in [0.4, 0.5) is 10.5 Å². The maximum Gasteiger partial charge on any atom is 0.319 e. The molecule has 7 nitrogen and oxygen atoms in total. The fourth-order valence-electron chi connectivity index (χ4n) is 2.36. The molecule has 1 saturated carbocycles. The molecule has 0 bridgehead atoms.